The standard InChI is InChI=1S/C6H10N2O/c1-8-3-5(2-7)6(9)4-8/h2H,3-4,7H2,1H3/b5-2+. The Bertz CT molecular complexity index is 162. The van der Waals surface area contributed by atoms with Crippen molar-refractivity contribution in [3.8, 4) is 0 Å². The molecule has 1 aliphatic rings. The first-order valence-electron chi connectivity index (χ1n) is 2.86. The van der Waals surface area contributed by atoms with E-state index in [4.69, 9.17) is 5.73 Å². The molecule has 0 aromatic rings. The van der Waals surface area contributed by atoms with E-state index >= 15 is 0 Å². The fourth-order valence-corrected chi connectivity index (χ4v) is 0.927. The number of carbonyl (C=O) groups is 1. The zero-order chi connectivity index (χ0) is 6.85. The summed E-state index contributed by atoms with van der Waals surface area (Å²) in [7, 11) is 1.90. The molecule has 0 atom stereocenters. The van der Waals surface area contributed by atoms with Crippen molar-refractivity contribution in [2.45, 2.75) is 0 Å². The molecule has 1 saturated heterocycles. The molecule has 0 bridgehead atoms. The van der Waals surface area contributed by atoms with Crippen LogP contribution in [0.25, 0.3) is 0 Å². The molecule has 3 heteroatoms. The third-order valence-corrected chi connectivity index (χ3v) is 1.41. The van der Waals surface area contributed by atoms with Crippen LogP contribution in [-0.2, 0) is 4.79 Å². The highest BCUT2D eigenvalue weighted by Gasteiger charge is 2.20. The molecule has 3 nitrogen and oxygen atoms in total. The molecule has 2 N–H and O–H groups in total. The van der Waals surface area contributed by atoms with Gasteiger partial charge in [-0.25, -0.2) is 0 Å². The molecular weight excluding hydrogens is 116 g/mol. The summed E-state index contributed by atoms with van der Waals surface area (Å²) in [6.45, 7) is 1.22. The zero-order valence-electron chi connectivity index (χ0n) is 5.42. The zero-order valence-corrected chi connectivity index (χ0v) is 5.42. The van der Waals surface area contributed by atoms with Crippen LogP contribution in [0.1, 0.15) is 0 Å². The molecule has 1 heterocycles. The average molecular weight is 126 g/mol. The average Bonchev–Trinajstić information content (AvgIpc) is 2.10. The molecule has 0 spiro atoms. The van der Waals surface area contributed by atoms with Crippen LogP contribution in [0.2, 0.25) is 0 Å². The van der Waals surface area contributed by atoms with Gasteiger partial charge in [-0.3, -0.25) is 9.69 Å². The maximum Gasteiger partial charge on any atom is 0.175 e. The van der Waals surface area contributed by atoms with Gasteiger partial charge in [0.15, 0.2) is 5.78 Å². The number of nitrogens with zero attached hydrogens (tertiary/aromatic N) is 1. The first-order valence-corrected chi connectivity index (χ1v) is 2.86. The van der Waals surface area contributed by atoms with Crippen molar-refractivity contribution in [3.05, 3.63) is 11.8 Å². The molecule has 1 rings (SSSR count). The van der Waals surface area contributed by atoms with Crippen molar-refractivity contribution in [1.82, 2.24) is 4.90 Å². The highest BCUT2D eigenvalue weighted by molar-refractivity contribution is 5.99. The number of likely N-dealkylation sites (tertiary alicyclic amines) is 1. The monoisotopic (exact) mass is 126 g/mol. The van der Waals surface area contributed by atoms with Crippen LogP contribution in [0.5, 0.6) is 0 Å². The minimum absolute atomic E-state index is 0.153. The van der Waals surface area contributed by atoms with E-state index in [0.717, 1.165) is 5.57 Å². The molecule has 1 aliphatic heterocycles. The summed E-state index contributed by atoms with van der Waals surface area (Å²) in [5.41, 5.74) is 5.91. The Labute approximate surface area is 54.1 Å². The third-order valence-electron chi connectivity index (χ3n) is 1.41. The Balaban J connectivity index is 2.70. The van der Waals surface area contributed by atoms with Gasteiger partial charge in [0.2, 0.25) is 0 Å². The van der Waals surface area contributed by atoms with E-state index in [1.165, 1.54) is 6.20 Å². The largest absolute Gasteiger partial charge is 0.404 e. The highest BCUT2D eigenvalue weighted by atomic mass is 16.1. The summed E-state index contributed by atoms with van der Waals surface area (Å²) in [6, 6.07) is 0. The summed E-state index contributed by atoms with van der Waals surface area (Å²) in [6.07, 6.45) is 1.39. The van der Waals surface area contributed by atoms with Gasteiger partial charge in [-0.2, -0.15) is 0 Å². The minimum atomic E-state index is 0.153. The lowest BCUT2D eigenvalue weighted by atomic mass is 10.2. The number of likely N-dealkylation sites (N-methyl/N-ethyl adjacent to an activating group) is 1. The van der Waals surface area contributed by atoms with E-state index < -0.39 is 0 Å². The molecule has 0 aromatic carbocycles. The van der Waals surface area contributed by atoms with Crippen molar-refractivity contribution in [2.75, 3.05) is 20.1 Å². The van der Waals surface area contributed by atoms with Gasteiger partial charge in [-0.15, -0.1) is 0 Å². The second-order valence-corrected chi connectivity index (χ2v) is 2.29. The van der Waals surface area contributed by atoms with Gasteiger partial charge < -0.3 is 5.73 Å². The van der Waals surface area contributed by atoms with Crippen LogP contribution >= 0.6 is 0 Å². The van der Waals surface area contributed by atoms with Gasteiger partial charge in [0.25, 0.3) is 0 Å². The molecule has 0 saturated carbocycles. The maximum absolute atomic E-state index is 10.8. The van der Waals surface area contributed by atoms with Gasteiger partial charge in [0.1, 0.15) is 0 Å². The molecule has 0 aliphatic carbocycles. The SMILES string of the molecule is CN1CC(=O)/C(=C/N)C1. The first-order chi connectivity index (χ1) is 4.24. The summed E-state index contributed by atoms with van der Waals surface area (Å²) in [4.78, 5) is 12.8. The Hall–Kier alpha value is -0.830. The van der Waals surface area contributed by atoms with Gasteiger partial charge >= 0.3 is 0 Å². The van der Waals surface area contributed by atoms with Crippen LogP contribution < -0.4 is 5.73 Å². The van der Waals surface area contributed by atoms with Crippen LogP contribution in [-0.4, -0.2) is 30.8 Å². The fraction of sp³-hybridized carbons (Fsp3) is 0.500. The highest BCUT2D eigenvalue weighted by Crippen LogP contribution is 2.06. The summed E-state index contributed by atoms with van der Waals surface area (Å²) >= 11 is 0. The Kier molecular flexibility index (Phi) is 1.53. The maximum atomic E-state index is 10.8. The molecule has 0 radical (unpaired) electrons. The predicted molar refractivity (Wildman–Crippen MR) is 34.8 cm³/mol. The molecule has 50 valence electrons. The quantitative estimate of drug-likeness (QED) is 0.438. The number of hydrogen-bond acceptors (Lipinski definition) is 3. The Morgan fingerprint density at radius 2 is 2.33 bits per heavy atom. The van der Waals surface area contributed by atoms with Gasteiger partial charge in [0, 0.05) is 18.3 Å². The molecule has 0 unspecified atom stereocenters. The lowest BCUT2D eigenvalue weighted by Gasteiger charge is -1.99. The Morgan fingerprint density at radius 1 is 1.67 bits per heavy atom. The van der Waals surface area contributed by atoms with Crippen LogP contribution in [0.15, 0.2) is 11.8 Å². The lowest BCUT2D eigenvalue weighted by Crippen LogP contribution is -2.13. The van der Waals surface area contributed by atoms with Crippen molar-refractivity contribution >= 4 is 5.78 Å². The van der Waals surface area contributed by atoms with E-state index in [9.17, 15) is 4.79 Å². The number of ketones is 1. The minimum Gasteiger partial charge on any atom is -0.404 e. The van der Waals surface area contributed by atoms with E-state index in [1.54, 1.807) is 0 Å². The number of rotatable bonds is 0. The van der Waals surface area contributed by atoms with Crippen LogP contribution in [0.4, 0.5) is 0 Å². The smallest absolute Gasteiger partial charge is 0.175 e. The van der Waals surface area contributed by atoms with E-state index in [1.807, 2.05) is 11.9 Å². The number of Topliss-reactive ketones (excluding diaryl/α,β-unsaturated/α-hetero) is 1. The number of carbonyl (C=O) groups excluding carboxylic acids is 1. The number of nitrogens with two attached hydrogens (primary N) is 1. The van der Waals surface area contributed by atoms with E-state index in [2.05, 4.69) is 0 Å². The van der Waals surface area contributed by atoms with Crippen molar-refractivity contribution in [2.24, 2.45) is 5.73 Å². The van der Waals surface area contributed by atoms with Gasteiger partial charge in [-0.1, -0.05) is 0 Å². The second-order valence-electron chi connectivity index (χ2n) is 2.29. The normalized spacial score (nSPS) is 25.9. The van der Waals surface area contributed by atoms with Gasteiger partial charge in [0.05, 0.1) is 6.54 Å². The predicted octanol–water partition coefficient (Wildman–Crippen LogP) is -0.656. The first kappa shape index (κ1) is 6.29. The van der Waals surface area contributed by atoms with Gasteiger partial charge in [-0.05, 0) is 7.05 Å². The van der Waals surface area contributed by atoms with Crippen molar-refractivity contribution < 1.29 is 4.79 Å². The summed E-state index contributed by atoms with van der Waals surface area (Å²) in [5, 5.41) is 0. The number of hydrogen-bond donors (Lipinski definition) is 1. The third kappa shape index (κ3) is 1.10. The van der Waals surface area contributed by atoms with Crippen molar-refractivity contribution in [1.29, 1.82) is 0 Å². The molecule has 1 fully saturated rings. The molecule has 0 amide bonds. The summed E-state index contributed by atoms with van der Waals surface area (Å²) < 4.78 is 0. The van der Waals surface area contributed by atoms with Crippen molar-refractivity contribution in [3.63, 3.8) is 0 Å². The topological polar surface area (TPSA) is 46.3 Å². The van der Waals surface area contributed by atoms with E-state index in [0.29, 0.717) is 13.1 Å². The fourth-order valence-electron chi connectivity index (χ4n) is 0.927. The second kappa shape index (κ2) is 2.19. The van der Waals surface area contributed by atoms with Crippen LogP contribution in [0.3, 0.4) is 0 Å². The van der Waals surface area contributed by atoms with Crippen LogP contribution in [0, 0.1) is 0 Å². The molecular formula is C6H10N2O. The summed E-state index contributed by atoms with van der Waals surface area (Å²) in [5.74, 6) is 0.153. The van der Waals surface area contributed by atoms with E-state index in [-0.39, 0.29) is 5.78 Å². The molecule has 9 heavy (non-hydrogen) atoms. The molecule has 0 aromatic heterocycles. The lowest BCUT2D eigenvalue weighted by molar-refractivity contribution is -0.114. The Morgan fingerprint density at radius 3 is 2.56 bits per heavy atom.